The summed E-state index contributed by atoms with van der Waals surface area (Å²) < 4.78 is 11.0. The molecular weight excluding hydrogens is 328 g/mol. The third-order valence-corrected chi connectivity index (χ3v) is 6.76. The van der Waals surface area contributed by atoms with Crippen LogP contribution in [0.25, 0.3) is 0 Å². The van der Waals surface area contributed by atoms with E-state index in [2.05, 4.69) is 24.3 Å². The molecular formula is C22H24O4. The van der Waals surface area contributed by atoms with E-state index >= 15 is 0 Å². The molecule has 1 aromatic heterocycles. The minimum atomic E-state index is -1.06. The normalized spacial score (nSPS) is 31.9. The molecule has 136 valence electrons. The molecule has 0 atom stereocenters. The van der Waals surface area contributed by atoms with Crippen LogP contribution < -0.4 is 4.74 Å². The molecule has 26 heavy (non-hydrogen) atoms. The first-order valence-electron chi connectivity index (χ1n) is 9.65. The number of hydrogen-bond donors (Lipinski definition) is 1. The minimum Gasteiger partial charge on any atom is -0.486 e. The van der Waals surface area contributed by atoms with Gasteiger partial charge in [-0.1, -0.05) is 12.1 Å². The van der Waals surface area contributed by atoms with Gasteiger partial charge in [-0.3, -0.25) is 0 Å². The molecule has 0 aliphatic heterocycles. The van der Waals surface area contributed by atoms with Crippen LogP contribution in [0.1, 0.15) is 60.4 Å². The zero-order valence-corrected chi connectivity index (χ0v) is 14.8. The van der Waals surface area contributed by atoms with Crippen LogP contribution in [0, 0.1) is 17.8 Å². The SMILES string of the molecule is O=C(O)c1ccc(COc2ccc(C34CC5CC(CC(C5)C3)C4)cc2)o1. The van der Waals surface area contributed by atoms with Crippen molar-refractivity contribution < 1.29 is 19.1 Å². The second-order valence-corrected chi connectivity index (χ2v) is 8.58. The van der Waals surface area contributed by atoms with Crippen molar-refractivity contribution in [3.63, 3.8) is 0 Å². The lowest BCUT2D eigenvalue weighted by Crippen LogP contribution is -2.48. The Morgan fingerprint density at radius 3 is 2.15 bits per heavy atom. The van der Waals surface area contributed by atoms with E-state index in [4.69, 9.17) is 14.3 Å². The van der Waals surface area contributed by atoms with Crippen molar-refractivity contribution in [2.75, 3.05) is 0 Å². The first kappa shape index (κ1) is 16.0. The third-order valence-electron chi connectivity index (χ3n) is 6.76. The Kier molecular flexibility index (Phi) is 3.63. The number of aromatic carboxylic acids is 1. The molecule has 0 spiro atoms. The van der Waals surface area contributed by atoms with Crippen LogP contribution in [0.2, 0.25) is 0 Å². The summed E-state index contributed by atoms with van der Waals surface area (Å²) in [6, 6.07) is 11.7. The van der Waals surface area contributed by atoms with Crippen molar-refractivity contribution in [1.29, 1.82) is 0 Å². The van der Waals surface area contributed by atoms with Gasteiger partial charge in [-0.2, -0.15) is 0 Å². The molecule has 2 aromatic rings. The molecule has 1 heterocycles. The molecule has 4 fully saturated rings. The Labute approximate surface area is 153 Å². The molecule has 4 aliphatic carbocycles. The Morgan fingerprint density at radius 1 is 1.00 bits per heavy atom. The number of benzene rings is 1. The average molecular weight is 352 g/mol. The van der Waals surface area contributed by atoms with Gasteiger partial charge in [0.05, 0.1) is 0 Å². The second kappa shape index (κ2) is 5.90. The molecule has 0 radical (unpaired) electrons. The van der Waals surface area contributed by atoms with Gasteiger partial charge in [0.25, 0.3) is 0 Å². The van der Waals surface area contributed by atoms with E-state index in [1.54, 1.807) is 6.07 Å². The van der Waals surface area contributed by atoms with Crippen molar-refractivity contribution in [3.8, 4) is 5.75 Å². The van der Waals surface area contributed by atoms with E-state index in [9.17, 15) is 4.79 Å². The van der Waals surface area contributed by atoms with Gasteiger partial charge in [0, 0.05) is 0 Å². The number of rotatable bonds is 5. The zero-order valence-electron chi connectivity index (χ0n) is 14.8. The maximum absolute atomic E-state index is 10.9. The van der Waals surface area contributed by atoms with E-state index in [-0.39, 0.29) is 12.4 Å². The highest BCUT2D eigenvalue weighted by atomic mass is 16.5. The number of furan rings is 1. The van der Waals surface area contributed by atoms with Crippen LogP contribution in [-0.2, 0) is 12.0 Å². The van der Waals surface area contributed by atoms with Crippen LogP contribution in [0.4, 0.5) is 0 Å². The molecule has 0 unspecified atom stereocenters. The summed E-state index contributed by atoms with van der Waals surface area (Å²) in [5.74, 6) is 3.04. The van der Waals surface area contributed by atoms with Crippen LogP contribution in [-0.4, -0.2) is 11.1 Å². The summed E-state index contributed by atoms with van der Waals surface area (Å²) in [5.41, 5.74) is 1.89. The number of carboxylic acids is 1. The lowest BCUT2D eigenvalue weighted by molar-refractivity contribution is -0.00521. The molecule has 4 heteroatoms. The number of carboxylic acid groups (broad SMARTS) is 1. The van der Waals surface area contributed by atoms with Gasteiger partial charge in [0.15, 0.2) is 0 Å². The van der Waals surface area contributed by atoms with E-state index in [0.29, 0.717) is 11.2 Å². The van der Waals surface area contributed by atoms with Crippen LogP contribution in [0.15, 0.2) is 40.8 Å². The average Bonchev–Trinajstić information content (AvgIpc) is 3.09. The summed E-state index contributed by atoms with van der Waals surface area (Å²) in [6.45, 7) is 0.240. The zero-order chi connectivity index (χ0) is 17.7. The molecule has 4 saturated carbocycles. The summed E-state index contributed by atoms with van der Waals surface area (Å²) in [6.07, 6.45) is 8.47. The maximum Gasteiger partial charge on any atom is 0.371 e. The fourth-order valence-corrected chi connectivity index (χ4v) is 6.09. The molecule has 1 N–H and O–H groups in total. The highest BCUT2D eigenvalue weighted by Crippen LogP contribution is 2.60. The molecule has 1 aromatic carbocycles. The maximum atomic E-state index is 10.9. The molecule has 4 bridgehead atoms. The lowest BCUT2D eigenvalue weighted by Gasteiger charge is -2.57. The predicted molar refractivity (Wildman–Crippen MR) is 96.3 cm³/mol. The van der Waals surface area contributed by atoms with E-state index in [1.807, 2.05) is 0 Å². The highest BCUT2D eigenvalue weighted by Gasteiger charge is 2.51. The first-order valence-corrected chi connectivity index (χ1v) is 9.65. The van der Waals surface area contributed by atoms with Crippen LogP contribution in [0.5, 0.6) is 5.75 Å². The summed E-state index contributed by atoms with van der Waals surface area (Å²) in [5, 5.41) is 8.90. The molecule has 0 amide bonds. The van der Waals surface area contributed by atoms with E-state index < -0.39 is 5.97 Å². The van der Waals surface area contributed by atoms with Crippen molar-refractivity contribution in [2.24, 2.45) is 17.8 Å². The highest BCUT2D eigenvalue weighted by molar-refractivity contribution is 5.84. The van der Waals surface area contributed by atoms with Gasteiger partial charge in [0.2, 0.25) is 5.76 Å². The molecule has 4 nitrogen and oxygen atoms in total. The van der Waals surface area contributed by atoms with E-state index in [0.717, 1.165) is 23.5 Å². The van der Waals surface area contributed by atoms with Gasteiger partial charge in [-0.25, -0.2) is 4.79 Å². The van der Waals surface area contributed by atoms with Crippen LogP contribution in [0.3, 0.4) is 0 Å². The number of carbonyl (C=O) groups is 1. The Morgan fingerprint density at radius 2 is 1.62 bits per heavy atom. The van der Waals surface area contributed by atoms with Gasteiger partial charge in [-0.05, 0) is 91.5 Å². The van der Waals surface area contributed by atoms with E-state index in [1.165, 1.54) is 50.2 Å². The topological polar surface area (TPSA) is 59.7 Å². The summed E-state index contributed by atoms with van der Waals surface area (Å²) in [4.78, 5) is 10.9. The largest absolute Gasteiger partial charge is 0.486 e. The van der Waals surface area contributed by atoms with Gasteiger partial charge < -0.3 is 14.3 Å². The van der Waals surface area contributed by atoms with Crippen molar-refractivity contribution in [1.82, 2.24) is 0 Å². The first-order chi connectivity index (χ1) is 12.6. The fourth-order valence-electron chi connectivity index (χ4n) is 6.09. The van der Waals surface area contributed by atoms with Crippen molar-refractivity contribution in [3.05, 3.63) is 53.5 Å². The van der Waals surface area contributed by atoms with Gasteiger partial charge >= 0.3 is 5.97 Å². The smallest absolute Gasteiger partial charge is 0.371 e. The van der Waals surface area contributed by atoms with Crippen molar-refractivity contribution in [2.45, 2.75) is 50.5 Å². The molecule has 0 saturated heterocycles. The standard InChI is InChI=1S/C22H24O4/c23-21(24)20-6-5-19(26-20)13-25-18-3-1-17(2-4-18)22-10-14-7-15(11-22)9-16(8-14)12-22/h1-6,14-16H,7-13H2,(H,23,24). The summed E-state index contributed by atoms with van der Waals surface area (Å²) in [7, 11) is 0. The van der Waals surface area contributed by atoms with Crippen LogP contribution >= 0.6 is 0 Å². The fraction of sp³-hybridized carbons (Fsp3) is 0.500. The number of ether oxygens (including phenoxy) is 1. The summed E-state index contributed by atoms with van der Waals surface area (Å²) >= 11 is 0. The Bertz CT molecular complexity index is 782. The third kappa shape index (κ3) is 2.72. The Balaban J connectivity index is 1.28. The lowest BCUT2D eigenvalue weighted by atomic mass is 9.48. The minimum absolute atomic E-state index is 0.0548. The van der Waals surface area contributed by atoms with Gasteiger partial charge in [-0.15, -0.1) is 0 Å². The number of hydrogen-bond acceptors (Lipinski definition) is 3. The Hall–Kier alpha value is -2.23. The second-order valence-electron chi connectivity index (χ2n) is 8.58. The molecule has 4 aliphatic rings. The predicted octanol–water partition coefficient (Wildman–Crippen LogP) is 5.02. The molecule has 6 rings (SSSR count). The van der Waals surface area contributed by atoms with Crippen molar-refractivity contribution >= 4 is 5.97 Å². The quantitative estimate of drug-likeness (QED) is 0.820. The monoisotopic (exact) mass is 352 g/mol. The van der Waals surface area contributed by atoms with Gasteiger partial charge in [0.1, 0.15) is 18.1 Å².